The van der Waals surface area contributed by atoms with Crippen LogP contribution < -0.4 is 14.4 Å². The Labute approximate surface area is 151 Å². The molecule has 0 fully saturated rings. The van der Waals surface area contributed by atoms with Gasteiger partial charge < -0.3 is 14.4 Å². The van der Waals surface area contributed by atoms with E-state index in [2.05, 4.69) is 4.90 Å². The van der Waals surface area contributed by atoms with Gasteiger partial charge in [-0.05, 0) is 37.3 Å². The minimum Gasteiger partial charge on any atom is -0.462 e. The zero-order valence-electron chi connectivity index (χ0n) is 14.5. The van der Waals surface area contributed by atoms with Crippen LogP contribution in [0, 0.1) is 6.92 Å². The first-order valence-electron chi connectivity index (χ1n) is 8.56. The minimum absolute atomic E-state index is 0.413. The van der Waals surface area contributed by atoms with E-state index in [1.165, 1.54) is 0 Å². The Morgan fingerprint density at radius 2 is 1.54 bits per heavy atom. The van der Waals surface area contributed by atoms with Gasteiger partial charge in [0.15, 0.2) is 11.5 Å². The molecular formula is C22H17NO3. The molecule has 0 radical (unpaired) electrons. The number of esters is 1. The largest absolute Gasteiger partial charge is 0.462 e. The van der Waals surface area contributed by atoms with Gasteiger partial charge in [-0.3, -0.25) is 0 Å². The maximum absolute atomic E-state index is 13.3. The maximum atomic E-state index is 13.3. The molecule has 2 aliphatic rings. The van der Waals surface area contributed by atoms with E-state index in [-0.39, 0.29) is 0 Å². The van der Waals surface area contributed by atoms with Crippen molar-refractivity contribution < 1.29 is 14.3 Å². The number of ether oxygens (including phenoxy) is 2. The molecule has 4 nitrogen and oxygen atoms in total. The van der Waals surface area contributed by atoms with Gasteiger partial charge in [0, 0.05) is 29.5 Å². The zero-order chi connectivity index (χ0) is 17.9. The van der Waals surface area contributed by atoms with Crippen LogP contribution in [-0.2, 0) is 10.4 Å². The molecule has 3 aromatic carbocycles. The van der Waals surface area contributed by atoms with E-state index in [9.17, 15) is 4.79 Å². The SMILES string of the molecule is Cc1ccc2c(c1)C1(Oc3ccccc3OC1=O)c1ccccc1N2C. The van der Waals surface area contributed by atoms with E-state index in [0.717, 1.165) is 28.1 Å². The van der Waals surface area contributed by atoms with E-state index in [1.807, 2.05) is 74.6 Å². The second-order valence-electron chi connectivity index (χ2n) is 6.72. The molecule has 0 saturated heterocycles. The number of hydrogen-bond acceptors (Lipinski definition) is 4. The number of rotatable bonds is 0. The fraction of sp³-hybridized carbons (Fsp3) is 0.136. The highest BCUT2D eigenvalue weighted by Gasteiger charge is 2.55. The fourth-order valence-corrected chi connectivity index (χ4v) is 3.89. The maximum Gasteiger partial charge on any atom is 0.365 e. The highest BCUT2D eigenvalue weighted by molar-refractivity contribution is 5.97. The van der Waals surface area contributed by atoms with Crippen molar-refractivity contribution in [3.63, 3.8) is 0 Å². The Kier molecular flexibility index (Phi) is 2.95. The molecule has 0 aromatic heterocycles. The van der Waals surface area contributed by atoms with Gasteiger partial charge in [0.05, 0.1) is 0 Å². The van der Waals surface area contributed by atoms with Crippen LogP contribution in [0.5, 0.6) is 11.5 Å². The predicted molar refractivity (Wildman–Crippen MR) is 99.2 cm³/mol. The van der Waals surface area contributed by atoms with E-state index in [1.54, 1.807) is 6.07 Å². The van der Waals surface area contributed by atoms with Crippen LogP contribution in [-0.4, -0.2) is 13.0 Å². The number of carbonyl (C=O) groups is 1. The van der Waals surface area contributed by atoms with Crippen molar-refractivity contribution in [1.82, 2.24) is 0 Å². The highest BCUT2D eigenvalue weighted by atomic mass is 16.6. The average molecular weight is 343 g/mol. The van der Waals surface area contributed by atoms with E-state index in [4.69, 9.17) is 9.47 Å². The molecule has 2 aliphatic heterocycles. The molecule has 0 bridgehead atoms. The average Bonchev–Trinajstić information content (AvgIpc) is 2.66. The van der Waals surface area contributed by atoms with Gasteiger partial charge in [-0.25, -0.2) is 4.79 Å². The number of hydrogen-bond donors (Lipinski definition) is 0. The number of fused-ring (bicyclic) bond motifs is 5. The molecule has 2 heterocycles. The first-order valence-corrected chi connectivity index (χ1v) is 8.56. The molecule has 3 aromatic rings. The van der Waals surface area contributed by atoms with Crippen molar-refractivity contribution in [1.29, 1.82) is 0 Å². The summed E-state index contributed by atoms with van der Waals surface area (Å²) in [5, 5.41) is 0. The number of carbonyl (C=O) groups excluding carboxylic acids is 1. The number of benzene rings is 3. The lowest BCUT2D eigenvalue weighted by Gasteiger charge is -2.44. The molecule has 26 heavy (non-hydrogen) atoms. The molecule has 0 aliphatic carbocycles. The number of aryl methyl sites for hydroxylation is 1. The fourth-order valence-electron chi connectivity index (χ4n) is 3.89. The van der Waals surface area contributed by atoms with Crippen molar-refractivity contribution in [3.05, 3.63) is 83.4 Å². The zero-order valence-corrected chi connectivity index (χ0v) is 14.5. The predicted octanol–water partition coefficient (Wildman–Crippen LogP) is 4.32. The lowest BCUT2D eigenvalue weighted by Crippen LogP contribution is -2.51. The third-order valence-electron chi connectivity index (χ3n) is 5.14. The van der Waals surface area contributed by atoms with E-state index >= 15 is 0 Å². The quantitative estimate of drug-likeness (QED) is 0.450. The number of anilines is 2. The highest BCUT2D eigenvalue weighted by Crippen LogP contribution is 2.53. The lowest BCUT2D eigenvalue weighted by atomic mass is 9.79. The summed E-state index contributed by atoms with van der Waals surface area (Å²) in [6.07, 6.45) is 0. The van der Waals surface area contributed by atoms with Crippen molar-refractivity contribution in [3.8, 4) is 11.5 Å². The molecule has 0 amide bonds. The normalized spacial score (nSPS) is 19.9. The van der Waals surface area contributed by atoms with E-state index < -0.39 is 11.6 Å². The summed E-state index contributed by atoms with van der Waals surface area (Å²) in [6.45, 7) is 2.01. The van der Waals surface area contributed by atoms with Crippen molar-refractivity contribution >= 4 is 17.3 Å². The molecule has 1 spiro atoms. The van der Waals surface area contributed by atoms with Crippen LogP contribution >= 0.6 is 0 Å². The van der Waals surface area contributed by atoms with Crippen LogP contribution in [0.1, 0.15) is 16.7 Å². The summed E-state index contributed by atoms with van der Waals surface area (Å²) in [6, 6.07) is 21.2. The molecule has 0 saturated carbocycles. The Bertz CT molecular complexity index is 1060. The smallest absolute Gasteiger partial charge is 0.365 e. The van der Waals surface area contributed by atoms with Crippen LogP contribution in [0.4, 0.5) is 11.4 Å². The van der Waals surface area contributed by atoms with Crippen LogP contribution in [0.25, 0.3) is 0 Å². The molecule has 0 N–H and O–H groups in total. The van der Waals surface area contributed by atoms with E-state index in [0.29, 0.717) is 11.5 Å². The molecular weight excluding hydrogens is 326 g/mol. The minimum atomic E-state index is -1.31. The number of nitrogens with zero attached hydrogens (tertiary/aromatic N) is 1. The van der Waals surface area contributed by atoms with Gasteiger partial charge in [0.2, 0.25) is 0 Å². The summed E-state index contributed by atoms with van der Waals surface area (Å²) < 4.78 is 12.2. The molecule has 5 rings (SSSR count). The van der Waals surface area contributed by atoms with Crippen LogP contribution in [0.3, 0.4) is 0 Å². The van der Waals surface area contributed by atoms with Crippen molar-refractivity contribution in [2.75, 3.05) is 11.9 Å². The Hall–Kier alpha value is -3.27. The van der Waals surface area contributed by atoms with Crippen molar-refractivity contribution in [2.24, 2.45) is 0 Å². The van der Waals surface area contributed by atoms with Gasteiger partial charge in [-0.1, -0.05) is 42.0 Å². The third-order valence-corrected chi connectivity index (χ3v) is 5.14. The second kappa shape index (κ2) is 5.11. The van der Waals surface area contributed by atoms with Gasteiger partial charge in [-0.2, -0.15) is 0 Å². The summed E-state index contributed by atoms with van der Waals surface area (Å²) >= 11 is 0. The summed E-state index contributed by atoms with van der Waals surface area (Å²) in [5.41, 5.74) is 3.22. The van der Waals surface area contributed by atoms with Crippen LogP contribution in [0.15, 0.2) is 66.7 Å². The Balaban J connectivity index is 1.86. The van der Waals surface area contributed by atoms with Crippen LogP contribution in [0.2, 0.25) is 0 Å². The van der Waals surface area contributed by atoms with Gasteiger partial charge in [0.25, 0.3) is 5.60 Å². The standard InChI is InChI=1S/C22H17NO3/c1-14-11-12-18-16(13-14)22(15-7-3-4-8-17(15)23(18)2)21(24)25-19-9-5-6-10-20(19)26-22/h3-13H,1-2H3. The summed E-state index contributed by atoms with van der Waals surface area (Å²) in [5.74, 6) is 0.608. The molecule has 128 valence electrons. The Morgan fingerprint density at radius 1 is 0.846 bits per heavy atom. The lowest BCUT2D eigenvalue weighted by molar-refractivity contribution is -0.153. The monoisotopic (exact) mass is 343 g/mol. The van der Waals surface area contributed by atoms with Gasteiger partial charge in [0.1, 0.15) is 0 Å². The molecule has 1 atom stereocenters. The summed E-state index contributed by atoms with van der Waals surface area (Å²) in [4.78, 5) is 15.4. The first-order chi connectivity index (χ1) is 12.6. The topological polar surface area (TPSA) is 38.8 Å². The second-order valence-corrected chi connectivity index (χ2v) is 6.72. The third kappa shape index (κ3) is 1.81. The molecule has 1 unspecified atom stereocenters. The first kappa shape index (κ1) is 15.0. The van der Waals surface area contributed by atoms with Crippen molar-refractivity contribution in [2.45, 2.75) is 12.5 Å². The number of para-hydroxylation sites is 3. The van der Waals surface area contributed by atoms with Gasteiger partial charge >= 0.3 is 5.97 Å². The van der Waals surface area contributed by atoms with Gasteiger partial charge in [-0.15, -0.1) is 0 Å². The summed E-state index contributed by atoms with van der Waals surface area (Å²) in [7, 11) is 2.00. The molecule has 4 heteroatoms. The Morgan fingerprint density at radius 3 is 2.38 bits per heavy atom.